The third kappa shape index (κ3) is 1.84. The number of nitrogens with zero attached hydrogens (tertiary/aromatic N) is 3. The summed E-state index contributed by atoms with van der Waals surface area (Å²) in [6.45, 7) is 3.75. The average Bonchev–Trinajstić information content (AvgIpc) is 2.64. The smallest absolute Gasteiger partial charge is 0.269 e. The summed E-state index contributed by atoms with van der Waals surface area (Å²) in [5, 5.41) is 19.6. The maximum Gasteiger partial charge on any atom is 0.269 e. The van der Waals surface area contributed by atoms with E-state index in [4.69, 9.17) is 5.26 Å². The summed E-state index contributed by atoms with van der Waals surface area (Å²) in [6.07, 6.45) is 0. The van der Waals surface area contributed by atoms with Crippen LogP contribution in [-0.4, -0.2) is 9.49 Å². The maximum atomic E-state index is 10.6. The average molecular weight is 241 g/mol. The van der Waals surface area contributed by atoms with Gasteiger partial charge in [-0.15, -0.1) is 0 Å². The van der Waals surface area contributed by atoms with Gasteiger partial charge in [0.25, 0.3) is 5.69 Å². The van der Waals surface area contributed by atoms with Crippen LogP contribution in [0, 0.1) is 35.3 Å². The van der Waals surface area contributed by atoms with E-state index in [1.165, 1.54) is 12.1 Å². The van der Waals surface area contributed by atoms with Gasteiger partial charge in [-0.2, -0.15) is 5.26 Å². The monoisotopic (exact) mass is 241 g/mol. The van der Waals surface area contributed by atoms with Gasteiger partial charge in [-0.05, 0) is 32.0 Å². The van der Waals surface area contributed by atoms with Crippen LogP contribution in [0.2, 0.25) is 0 Å². The van der Waals surface area contributed by atoms with E-state index in [0.717, 1.165) is 17.1 Å². The molecule has 0 aliphatic rings. The van der Waals surface area contributed by atoms with E-state index < -0.39 is 4.92 Å². The van der Waals surface area contributed by atoms with Crippen LogP contribution in [0.1, 0.15) is 17.0 Å². The molecule has 0 bridgehead atoms. The van der Waals surface area contributed by atoms with Gasteiger partial charge in [0, 0.05) is 29.2 Å². The molecule has 0 spiro atoms. The Morgan fingerprint density at radius 3 is 2.33 bits per heavy atom. The molecule has 0 N–H and O–H groups in total. The summed E-state index contributed by atoms with van der Waals surface area (Å²) in [5.74, 6) is 0. The highest BCUT2D eigenvalue weighted by molar-refractivity contribution is 5.48. The molecule has 2 rings (SSSR count). The molecule has 0 radical (unpaired) electrons. The Hall–Kier alpha value is -2.61. The van der Waals surface area contributed by atoms with Gasteiger partial charge >= 0.3 is 0 Å². The summed E-state index contributed by atoms with van der Waals surface area (Å²) in [4.78, 5) is 10.2. The van der Waals surface area contributed by atoms with E-state index in [-0.39, 0.29) is 5.69 Å². The highest BCUT2D eigenvalue weighted by Crippen LogP contribution is 2.22. The number of benzene rings is 1. The predicted octanol–water partition coefficient (Wildman–Crippen LogP) is 2.87. The lowest BCUT2D eigenvalue weighted by Crippen LogP contribution is -1.99. The van der Waals surface area contributed by atoms with Gasteiger partial charge < -0.3 is 4.57 Å². The van der Waals surface area contributed by atoms with Gasteiger partial charge in [0.05, 0.1) is 10.5 Å². The Bertz CT molecular complexity index is 648. The van der Waals surface area contributed by atoms with Crippen LogP contribution in [0.25, 0.3) is 5.69 Å². The van der Waals surface area contributed by atoms with Crippen LogP contribution >= 0.6 is 0 Å². The molecule has 0 amide bonds. The van der Waals surface area contributed by atoms with Crippen LogP contribution in [0.5, 0.6) is 0 Å². The van der Waals surface area contributed by atoms with Crippen molar-refractivity contribution < 1.29 is 4.92 Å². The van der Waals surface area contributed by atoms with Gasteiger partial charge in [-0.1, -0.05) is 0 Å². The minimum Gasteiger partial charge on any atom is -0.317 e. The molecule has 0 atom stereocenters. The van der Waals surface area contributed by atoms with Crippen molar-refractivity contribution in [2.75, 3.05) is 0 Å². The van der Waals surface area contributed by atoms with Crippen molar-refractivity contribution in [3.05, 3.63) is 57.4 Å². The standard InChI is InChI=1S/C13H11N3O2/c1-9-7-11(8-14)10(2)15(9)12-3-5-13(6-4-12)16(17)18/h3-7H,1-2H3. The van der Waals surface area contributed by atoms with Crippen molar-refractivity contribution in [3.63, 3.8) is 0 Å². The topological polar surface area (TPSA) is 71.9 Å². The highest BCUT2D eigenvalue weighted by atomic mass is 16.6. The molecule has 0 aliphatic heterocycles. The molecule has 5 heteroatoms. The summed E-state index contributed by atoms with van der Waals surface area (Å²) in [6, 6.07) is 10.2. The minimum absolute atomic E-state index is 0.0571. The van der Waals surface area contributed by atoms with Gasteiger partial charge in [-0.3, -0.25) is 10.1 Å². The largest absolute Gasteiger partial charge is 0.317 e. The molecule has 1 aromatic carbocycles. The van der Waals surface area contributed by atoms with Crippen molar-refractivity contribution in [2.45, 2.75) is 13.8 Å². The molecule has 2 aromatic rings. The molecule has 0 fully saturated rings. The molecule has 0 unspecified atom stereocenters. The first kappa shape index (κ1) is 11.9. The lowest BCUT2D eigenvalue weighted by atomic mass is 10.2. The first-order chi connectivity index (χ1) is 8.54. The minimum atomic E-state index is -0.431. The number of rotatable bonds is 2. The first-order valence-electron chi connectivity index (χ1n) is 5.38. The van der Waals surface area contributed by atoms with Crippen molar-refractivity contribution in [3.8, 4) is 11.8 Å². The second-order valence-electron chi connectivity index (χ2n) is 4.01. The molecule has 5 nitrogen and oxygen atoms in total. The van der Waals surface area contributed by atoms with E-state index in [2.05, 4.69) is 6.07 Å². The number of aryl methyl sites for hydroxylation is 1. The molecule has 18 heavy (non-hydrogen) atoms. The summed E-state index contributed by atoms with van der Waals surface area (Å²) in [7, 11) is 0. The van der Waals surface area contributed by atoms with Gasteiger partial charge in [-0.25, -0.2) is 0 Å². The maximum absolute atomic E-state index is 10.6. The molecule has 1 heterocycles. The molecule has 90 valence electrons. The third-order valence-corrected chi connectivity index (χ3v) is 2.87. The second-order valence-corrected chi connectivity index (χ2v) is 4.01. The van der Waals surface area contributed by atoms with Crippen molar-refractivity contribution in [2.24, 2.45) is 0 Å². The van der Waals surface area contributed by atoms with E-state index in [1.807, 2.05) is 18.4 Å². The number of nitro benzene ring substituents is 1. The fourth-order valence-electron chi connectivity index (χ4n) is 2.00. The molecular formula is C13H11N3O2. The number of hydrogen-bond acceptors (Lipinski definition) is 3. The Morgan fingerprint density at radius 2 is 1.89 bits per heavy atom. The number of hydrogen-bond donors (Lipinski definition) is 0. The number of aromatic nitrogens is 1. The first-order valence-corrected chi connectivity index (χ1v) is 5.38. The van der Waals surface area contributed by atoms with Gasteiger partial charge in [0.15, 0.2) is 0 Å². The molecule has 1 aromatic heterocycles. The molecule has 0 saturated heterocycles. The van der Waals surface area contributed by atoms with Crippen LogP contribution in [0.3, 0.4) is 0 Å². The van der Waals surface area contributed by atoms with Crippen LogP contribution in [0.15, 0.2) is 30.3 Å². The lowest BCUT2D eigenvalue weighted by molar-refractivity contribution is -0.384. The normalized spacial score (nSPS) is 10.1. The van der Waals surface area contributed by atoms with Crippen LogP contribution < -0.4 is 0 Å². The molecule has 0 saturated carbocycles. The number of non-ortho nitro benzene ring substituents is 1. The second kappa shape index (κ2) is 4.34. The van der Waals surface area contributed by atoms with E-state index in [9.17, 15) is 10.1 Å². The summed E-state index contributed by atoms with van der Waals surface area (Å²) >= 11 is 0. The predicted molar refractivity (Wildman–Crippen MR) is 66.6 cm³/mol. The number of nitro groups is 1. The van der Waals surface area contributed by atoms with Crippen molar-refractivity contribution >= 4 is 5.69 Å². The zero-order valence-corrected chi connectivity index (χ0v) is 10.0. The number of nitriles is 1. The summed E-state index contributed by atoms with van der Waals surface area (Å²) in [5.41, 5.74) is 3.26. The van der Waals surface area contributed by atoms with E-state index in [1.54, 1.807) is 18.2 Å². The van der Waals surface area contributed by atoms with Gasteiger partial charge in [0.2, 0.25) is 0 Å². The van der Waals surface area contributed by atoms with Crippen molar-refractivity contribution in [1.82, 2.24) is 4.57 Å². The van der Waals surface area contributed by atoms with Crippen LogP contribution in [-0.2, 0) is 0 Å². The van der Waals surface area contributed by atoms with Gasteiger partial charge in [0.1, 0.15) is 6.07 Å². The summed E-state index contributed by atoms with van der Waals surface area (Å²) < 4.78 is 1.91. The SMILES string of the molecule is Cc1cc(C#N)c(C)n1-c1ccc([N+](=O)[O-])cc1. The Morgan fingerprint density at radius 1 is 1.28 bits per heavy atom. The fraction of sp³-hybridized carbons (Fsp3) is 0.154. The van der Waals surface area contributed by atoms with Crippen molar-refractivity contribution in [1.29, 1.82) is 5.26 Å². The van der Waals surface area contributed by atoms with Crippen LogP contribution in [0.4, 0.5) is 5.69 Å². The Kier molecular flexibility index (Phi) is 2.86. The zero-order valence-electron chi connectivity index (χ0n) is 10.0. The van der Waals surface area contributed by atoms with E-state index in [0.29, 0.717) is 5.56 Å². The van der Waals surface area contributed by atoms with E-state index >= 15 is 0 Å². The highest BCUT2D eigenvalue weighted by Gasteiger charge is 2.11. The Labute approximate surface area is 104 Å². The zero-order chi connectivity index (χ0) is 13.3. The Balaban J connectivity index is 2.53. The lowest BCUT2D eigenvalue weighted by Gasteiger charge is -2.08. The third-order valence-electron chi connectivity index (χ3n) is 2.87. The molecular weight excluding hydrogens is 230 g/mol. The quantitative estimate of drug-likeness (QED) is 0.599. The fourth-order valence-corrected chi connectivity index (χ4v) is 2.00. The molecule has 0 aliphatic carbocycles.